The normalized spacial score (nSPS) is 22.1. The Kier molecular flexibility index (Phi) is 2.37. The van der Waals surface area contributed by atoms with Crippen LogP contribution in [0.3, 0.4) is 0 Å². The minimum absolute atomic E-state index is 0.123. The lowest BCUT2D eigenvalue weighted by Gasteiger charge is -2.43. The van der Waals surface area contributed by atoms with Gasteiger partial charge in [-0.3, -0.25) is 0 Å². The third-order valence-electron chi connectivity index (χ3n) is 4.47. The average Bonchev–Trinajstić information content (AvgIpc) is 2.40. The number of anilines is 1. The van der Waals surface area contributed by atoms with Crippen LogP contribution < -0.4 is 4.90 Å². The maximum atomic E-state index is 2.39. The van der Waals surface area contributed by atoms with Crippen LogP contribution in [0.2, 0.25) is 0 Å². The van der Waals surface area contributed by atoms with Crippen LogP contribution in [0.25, 0.3) is 0 Å². The first-order chi connectivity index (χ1) is 7.37. The summed E-state index contributed by atoms with van der Waals surface area (Å²) in [4.78, 5) is 2.39. The lowest BCUT2D eigenvalue weighted by atomic mass is 9.72. The molecule has 1 nitrogen and oxygen atoms in total. The van der Waals surface area contributed by atoms with Crippen LogP contribution >= 0.6 is 0 Å². The minimum Gasteiger partial charge on any atom is -0.342 e. The summed E-state index contributed by atoms with van der Waals surface area (Å²) < 4.78 is 0. The summed E-state index contributed by atoms with van der Waals surface area (Å²) in [5, 5.41) is 0. The van der Waals surface area contributed by atoms with E-state index < -0.39 is 0 Å². The summed E-state index contributed by atoms with van der Waals surface area (Å²) in [5.41, 5.74) is 3.06. The van der Waals surface area contributed by atoms with Crippen LogP contribution in [0.5, 0.6) is 0 Å². The van der Waals surface area contributed by atoms with E-state index >= 15 is 0 Å². The Labute approximate surface area is 98.8 Å². The van der Waals surface area contributed by atoms with Crippen molar-refractivity contribution in [3.05, 3.63) is 42.1 Å². The zero-order chi connectivity index (χ0) is 12.0. The first kappa shape index (κ1) is 11.3. The van der Waals surface area contributed by atoms with Gasteiger partial charge in [0.1, 0.15) is 0 Å². The van der Waals surface area contributed by atoms with E-state index in [1.807, 2.05) is 0 Å². The number of rotatable bonds is 1. The molecule has 1 heterocycles. The summed E-state index contributed by atoms with van der Waals surface area (Å²) in [7, 11) is 0. The fourth-order valence-corrected chi connectivity index (χ4v) is 2.29. The van der Waals surface area contributed by atoms with Gasteiger partial charge in [-0.2, -0.15) is 0 Å². The van der Waals surface area contributed by atoms with Gasteiger partial charge >= 0.3 is 0 Å². The molecular formula is C15H21N. The molecule has 0 spiro atoms. The third-order valence-corrected chi connectivity index (χ3v) is 4.47. The maximum absolute atomic E-state index is 2.39. The summed E-state index contributed by atoms with van der Waals surface area (Å²) >= 11 is 0. The minimum atomic E-state index is 0.123. The molecule has 0 N–H and O–H groups in total. The van der Waals surface area contributed by atoms with Crippen LogP contribution in [-0.4, -0.2) is 5.54 Å². The van der Waals surface area contributed by atoms with Crippen molar-refractivity contribution in [2.75, 3.05) is 4.90 Å². The van der Waals surface area contributed by atoms with Gasteiger partial charge in [0.05, 0.1) is 0 Å². The van der Waals surface area contributed by atoms with Crippen LogP contribution in [0, 0.1) is 5.41 Å². The molecule has 0 amide bonds. The van der Waals surface area contributed by atoms with E-state index in [4.69, 9.17) is 0 Å². The van der Waals surface area contributed by atoms with Crippen molar-refractivity contribution in [3.8, 4) is 0 Å². The van der Waals surface area contributed by atoms with Crippen molar-refractivity contribution in [1.82, 2.24) is 0 Å². The Bertz CT molecular complexity index is 412. The zero-order valence-corrected chi connectivity index (χ0v) is 10.9. The van der Waals surface area contributed by atoms with Crippen LogP contribution in [0.15, 0.2) is 42.1 Å². The first-order valence-corrected chi connectivity index (χ1v) is 5.90. The number of benzene rings is 1. The average molecular weight is 215 g/mol. The van der Waals surface area contributed by atoms with E-state index in [-0.39, 0.29) is 11.0 Å². The highest BCUT2D eigenvalue weighted by Crippen LogP contribution is 2.48. The van der Waals surface area contributed by atoms with E-state index in [1.165, 1.54) is 11.3 Å². The van der Waals surface area contributed by atoms with Crippen LogP contribution in [0.1, 0.15) is 34.6 Å². The highest BCUT2D eigenvalue weighted by Gasteiger charge is 2.47. The van der Waals surface area contributed by atoms with Crippen molar-refractivity contribution < 1.29 is 0 Å². The molecule has 0 aliphatic carbocycles. The van der Waals surface area contributed by atoms with E-state index in [0.29, 0.717) is 0 Å². The summed E-state index contributed by atoms with van der Waals surface area (Å²) in [6, 6.07) is 10.6. The molecule has 2 rings (SSSR count). The number of hydrogen-bond acceptors (Lipinski definition) is 1. The predicted octanol–water partition coefficient (Wildman–Crippen LogP) is 4.22. The molecule has 1 aromatic rings. The topological polar surface area (TPSA) is 3.24 Å². The van der Waals surface area contributed by atoms with Crippen LogP contribution in [-0.2, 0) is 0 Å². The standard InChI is InChI=1S/C15H21N/c1-12-11-16(13-9-7-6-8-10-13)15(4,5)14(12,2)3/h6-11H,1-5H3. The van der Waals surface area contributed by atoms with E-state index in [1.54, 1.807) is 0 Å². The van der Waals surface area contributed by atoms with Gasteiger partial charge in [-0.15, -0.1) is 0 Å². The molecule has 0 fully saturated rings. The molecule has 0 unspecified atom stereocenters. The highest BCUT2D eigenvalue weighted by atomic mass is 15.2. The molecule has 16 heavy (non-hydrogen) atoms. The summed E-state index contributed by atoms with van der Waals surface area (Å²) in [5.74, 6) is 0. The molecule has 86 valence electrons. The fourth-order valence-electron chi connectivity index (χ4n) is 2.29. The monoisotopic (exact) mass is 215 g/mol. The van der Waals surface area contributed by atoms with Crippen molar-refractivity contribution in [2.45, 2.75) is 40.2 Å². The zero-order valence-electron chi connectivity index (χ0n) is 10.9. The Balaban J connectivity index is 2.46. The molecule has 0 bridgehead atoms. The van der Waals surface area contributed by atoms with Gasteiger partial charge in [-0.25, -0.2) is 0 Å². The quantitative estimate of drug-likeness (QED) is 0.678. The Hall–Kier alpha value is -1.24. The molecule has 1 heteroatoms. The second-order valence-electron chi connectivity index (χ2n) is 5.70. The number of nitrogens with zero attached hydrogens (tertiary/aromatic N) is 1. The Morgan fingerprint density at radius 1 is 0.938 bits per heavy atom. The van der Waals surface area contributed by atoms with Gasteiger partial charge in [0.15, 0.2) is 0 Å². The second kappa shape index (κ2) is 3.38. The molecule has 1 aliphatic rings. The van der Waals surface area contributed by atoms with Crippen molar-refractivity contribution in [2.24, 2.45) is 5.41 Å². The van der Waals surface area contributed by atoms with Gasteiger partial charge in [0.25, 0.3) is 0 Å². The van der Waals surface area contributed by atoms with Crippen molar-refractivity contribution in [3.63, 3.8) is 0 Å². The Morgan fingerprint density at radius 2 is 1.50 bits per heavy atom. The largest absolute Gasteiger partial charge is 0.342 e. The molecule has 1 aromatic carbocycles. The van der Waals surface area contributed by atoms with Gasteiger partial charge in [0.2, 0.25) is 0 Å². The lowest BCUT2D eigenvalue weighted by Crippen LogP contribution is -2.47. The molecule has 0 atom stereocenters. The first-order valence-electron chi connectivity index (χ1n) is 5.90. The van der Waals surface area contributed by atoms with E-state index in [2.05, 4.69) is 76.1 Å². The third kappa shape index (κ3) is 1.38. The lowest BCUT2D eigenvalue weighted by molar-refractivity contribution is 0.274. The molecule has 0 saturated carbocycles. The van der Waals surface area contributed by atoms with Crippen molar-refractivity contribution >= 4 is 5.69 Å². The van der Waals surface area contributed by atoms with E-state index in [9.17, 15) is 0 Å². The number of para-hydroxylation sites is 1. The van der Waals surface area contributed by atoms with Gasteiger partial charge in [-0.1, -0.05) is 32.0 Å². The molecule has 0 radical (unpaired) electrons. The fraction of sp³-hybridized carbons (Fsp3) is 0.467. The summed E-state index contributed by atoms with van der Waals surface area (Å²) in [6.45, 7) is 11.5. The van der Waals surface area contributed by atoms with Crippen molar-refractivity contribution in [1.29, 1.82) is 0 Å². The predicted molar refractivity (Wildman–Crippen MR) is 70.5 cm³/mol. The Morgan fingerprint density at radius 3 is 1.94 bits per heavy atom. The van der Waals surface area contributed by atoms with E-state index in [0.717, 1.165) is 0 Å². The highest BCUT2D eigenvalue weighted by molar-refractivity contribution is 5.56. The molecular weight excluding hydrogens is 194 g/mol. The maximum Gasteiger partial charge on any atom is 0.0477 e. The van der Waals surface area contributed by atoms with Gasteiger partial charge < -0.3 is 4.90 Å². The molecule has 1 aliphatic heterocycles. The molecule has 0 aromatic heterocycles. The van der Waals surface area contributed by atoms with Gasteiger partial charge in [-0.05, 0) is 38.5 Å². The van der Waals surface area contributed by atoms with Crippen LogP contribution in [0.4, 0.5) is 5.69 Å². The second-order valence-corrected chi connectivity index (χ2v) is 5.70. The van der Waals surface area contributed by atoms with Gasteiger partial charge in [0, 0.05) is 22.8 Å². The number of hydrogen-bond donors (Lipinski definition) is 0. The molecule has 0 saturated heterocycles. The smallest absolute Gasteiger partial charge is 0.0477 e. The SMILES string of the molecule is CC1=CN(c2ccccc2)C(C)(C)C1(C)C. The summed E-state index contributed by atoms with van der Waals surface area (Å²) in [6.07, 6.45) is 2.29.